The van der Waals surface area contributed by atoms with Crippen LogP contribution in [-0.2, 0) is 0 Å². The Balaban J connectivity index is 1.63. The van der Waals surface area contributed by atoms with Crippen LogP contribution in [0.15, 0.2) is 18.3 Å². The molecule has 0 radical (unpaired) electrons. The fraction of sp³-hybridized carbons (Fsp3) is 0.600. The largest absolute Gasteiger partial charge is 0.367 e. The van der Waals surface area contributed by atoms with Crippen LogP contribution in [0.1, 0.15) is 38.2 Å². The highest BCUT2D eigenvalue weighted by Crippen LogP contribution is 2.49. The monoisotopic (exact) mass is 241 g/mol. The summed E-state index contributed by atoms with van der Waals surface area (Å²) in [5.41, 5.74) is 0.619. The number of rotatable bonds is 3. The van der Waals surface area contributed by atoms with E-state index in [9.17, 15) is 0 Å². The SMILES string of the molecule is CC(Nc1ccc(C#N)cn1)C1CC2CCC1C2. The number of hydrogen-bond donors (Lipinski definition) is 1. The molecule has 4 atom stereocenters. The summed E-state index contributed by atoms with van der Waals surface area (Å²) in [6, 6.07) is 6.31. The molecule has 1 aromatic heterocycles. The van der Waals surface area contributed by atoms with Gasteiger partial charge in [-0.2, -0.15) is 5.26 Å². The lowest BCUT2D eigenvalue weighted by atomic mass is 9.84. The Hall–Kier alpha value is -1.56. The van der Waals surface area contributed by atoms with Crippen LogP contribution in [0.3, 0.4) is 0 Å². The average Bonchev–Trinajstić information content (AvgIpc) is 3.02. The second-order valence-electron chi connectivity index (χ2n) is 5.82. The van der Waals surface area contributed by atoms with E-state index < -0.39 is 0 Å². The summed E-state index contributed by atoms with van der Waals surface area (Å²) in [6.45, 7) is 2.27. The summed E-state index contributed by atoms with van der Waals surface area (Å²) in [5.74, 6) is 3.61. The molecule has 1 heterocycles. The smallest absolute Gasteiger partial charge is 0.126 e. The molecule has 4 unspecified atom stereocenters. The van der Waals surface area contributed by atoms with Crippen molar-refractivity contribution >= 4 is 5.82 Å². The average molecular weight is 241 g/mol. The van der Waals surface area contributed by atoms with Gasteiger partial charge in [-0.05, 0) is 56.1 Å². The number of nitrogens with one attached hydrogen (secondary N) is 1. The van der Waals surface area contributed by atoms with Crippen LogP contribution in [0.2, 0.25) is 0 Å². The third-order valence-electron chi connectivity index (χ3n) is 4.70. The lowest BCUT2D eigenvalue weighted by Gasteiger charge is -2.28. The van der Waals surface area contributed by atoms with Crippen LogP contribution in [0.4, 0.5) is 5.82 Å². The van der Waals surface area contributed by atoms with Gasteiger partial charge in [0.1, 0.15) is 11.9 Å². The summed E-state index contributed by atoms with van der Waals surface area (Å²) in [4.78, 5) is 4.29. The first-order valence-electron chi connectivity index (χ1n) is 6.89. The summed E-state index contributed by atoms with van der Waals surface area (Å²) < 4.78 is 0. The van der Waals surface area contributed by atoms with Gasteiger partial charge in [0.25, 0.3) is 0 Å². The first kappa shape index (κ1) is 11.5. The molecule has 0 aliphatic heterocycles. The summed E-state index contributed by atoms with van der Waals surface area (Å²) in [5, 5.41) is 12.2. The van der Waals surface area contributed by atoms with E-state index in [1.54, 1.807) is 6.20 Å². The molecular weight excluding hydrogens is 222 g/mol. The molecule has 2 bridgehead atoms. The highest BCUT2D eigenvalue weighted by molar-refractivity contribution is 5.39. The molecule has 3 rings (SSSR count). The van der Waals surface area contributed by atoms with E-state index in [0.717, 1.165) is 23.6 Å². The van der Waals surface area contributed by atoms with Gasteiger partial charge >= 0.3 is 0 Å². The second-order valence-corrected chi connectivity index (χ2v) is 5.82. The summed E-state index contributed by atoms with van der Waals surface area (Å²) in [6.07, 6.45) is 7.33. The Morgan fingerprint density at radius 2 is 2.28 bits per heavy atom. The van der Waals surface area contributed by atoms with E-state index in [4.69, 9.17) is 5.26 Å². The molecule has 3 nitrogen and oxygen atoms in total. The van der Waals surface area contributed by atoms with Crippen LogP contribution >= 0.6 is 0 Å². The Morgan fingerprint density at radius 1 is 1.39 bits per heavy atom. The van der Waals surface area contributed by atoms with Crippen molar-refractivity contribution in [2.45, 2.75) is 38.6 Å². The molecule has 94 valence electrons. The molecule has 0 amide bonds. The molecule has 2 fully saturated rings. The third-order valence-corrected chi connectivity index (χ3v) is 4.70. The maximum Gasteiger partial charge on any atom is 0.126 e. The molecule has 3 heteroatoms. The quantitative estimate of drug-likeness (QED) is 0.884. The fourth-order valence-corrected chi connectivity index (χ4v) is 3.79. The molecule has 1 N–H and O–H groups in total. The van der Waals surface area contributed by atoms with E-state index in [0.29, 0.717) is 11.6 Å². The normalized spacial score (nSPS) is 31.0. The van der Waals surface area contributed by atoms with Crippen LogP contribution < -0.4 is 5.32 Å². The maximum atomic E-state index is 8.74. The first-order chi connectivity index (χ1) is 8.76. The van der Waals surface area contributed by atoms with Gasteiger partial charge in [0, 0.05) is 12.2 Å². The number of fused-ring (bicyclic) bond motifs is 2. The van der Waals surface area contributed by atoms with Crippen LogP contribution in [0.25, 0.3) is 0 Å². The molecule has 1 aromatic rings. The highest BCUT2D eigenvalue weighted by atomic mass is 15.0. The predicted molar refractivity (Wildman–Crippen MR) is 71.0 cm³/mol. The zero-order chi connectivity index (χ0) is 12.5. The van der Waals surface area contributed by atoms with E-state index >= 15 is 0 Å². The summed E-state index contributed by atoms with van der Waals surface area (Å²) in [7, 11) is 0. The van der Waals surface area contributed by atoms with Crippen LogP contribution in [0, 0.1) is 29.1 Å². The van der Waals surface area contributed by atoms with Gasteiger partial charge in [-0.3, -0.25) is 0 Å². The molecule has 18 heavy (non-hydrogen) atoms. The van der Waals surface area contributed by atoms with Crippen molar-refractivity contribution in [1.29, 1.82) is 5.26 Å². The van der Waals surface area contributed by atoms with Gasteiger partial charge in [-0.15, -0.1) is 0 Å². The van der Waals surface area contributed by atoms with Crippen molar-refractivity contribution in [2.75, 3.05) is 5.32 Å². The van der Waals surface area contributed by atoms with Crippen molar-refractivity contribution in [2.24, 2.45) is 17.8 Å². The number of anilines is 1. The second kappa shape index (κ2) is 4.61. The van der Waals surface area contributed by atoms with Crippen molar-refractivity contribution in [3.8, 4) is 6.07 Å². The van der Waals surface area contributed by atoms with Crippen LogP contribution in [-0.4, -0.2) is 11.0 Å². The van der Waals surface area contributed by atoms with Gasteiger partial charge in [-0.25, -0.2) is 4.98 Å². The predicted octanol–water partition coefficient (Wildman–Crippen LogP) is 3.19. The van der Waals surface area contributed by atoms with Crippen LogP contribution in [0.5, 0.6) is 0 Å². The number of nitriles is 1. The van der Waals surface area contributed by atoms with E-state index in [1.807, 2.05) is 12.1 Å². The number of hydrogen-bond acceptors (Lipinski definition) is 3. The fourth-order valence-electron chi connectivity index (χ4n) is 3.79. The van der Waals surface area contributed by atoms with E-state index in [2.05, 4.69) is 23.3 Å². The van der Waals surface area contributed by atoms with Gasteiger partial charge in [0.05, 0.1) is 5.56 Å². The third kappa shape index (κ3) is 2.08. The minimum absolute atomic E-state index is 0.487. The molecule has 2 aliphatic rings. The van der Waals surface area contributed by atoms with Crippen molar-refractivity contribution < 1.29 is 0 Å². The van der Waals surface area contributed by atoms with Gasteiger partial charge in [-0.1, -0.05) is 6.42 Å². The maximum absolute atomic E-state index is 8.74. The molecule has 2 aliphatic carbocycles. The van der Waals surface area contributed by atoms with E-state index in [-0.39, 0.29) is 0 Å². The summed E-state index contributed by atoms with van der Waals surface area (Å²) >= 11 is 0. The zero-order valence-corrected chi connectivity index (χ0v) is 10.8. The lowest BCUT2D eigenvalue weighted by Crippen LogP contribution is -2.30. The molecular formula is C15H19N3. The zero-order valence-electron chi connectivity index (χ0n) is 10.8. The molecule has 2 saturated carbocycles. The van der Waals surface area contributed by atoms with Crippen molar-refractivity contribution in [3.63, 3.8) is 0 Å². The minimum atomic E-state index is 0.487. The Bertz CT molecular complexity index is 460. The highest BCUT2D eigenvalue weighted by Gasteiger charge is 2.41. The Labute approximate surface area is 108 Å². The number of aromatic nitrogens is 1. The standard InChI is InChI=1S/C15H19N3/c1-10(14-7-11-2-4-13(14)6-11)18-15-5-3-12(8-16)9-17-15/h3,5,9-11,13-14H,2,4,6-7H2,1H3,(H,17,18). The topological polar surface area (TPSA) is 48.7 Å². The Kier molecular flexibility index (Phi) is 2.95. The van der Waals surface area contributed by atoms with Gasteiger partial charge < -0.3 is 5.32 Å². The molecule has 0 spiro atoms. The molecule has 0 aromatic carbocycles. The van der Waals surface area contributed by atoms with Gasteiger partial charge in [0.15, 0.2) is 0 Å². The molecule has 0 saturated heterocycles. The minimum Gasteiger partial charge on any atom is -0.367 e. The van der Waals surface area contributed by atoms with Crippen molar-refractivity contribution in [1.82, 2.24) is 4.98 Å². The van der Waals surface area contributed by atoms with E-state index in [1.165, 1.54) is 25.7 Å². The Morgan fingerprint density at radius 3 is 2.83 bits per heavy atom. The number of pyridine rings is 1. The lowest BCUT2D eigenvalue weighted by molar-refractivity contribution is 0.304. The van der Waals surface area contributed by atoms with Crippen molar-refractivity contribution in [3.05, 3.63) is 23.9 Å². The first-order valence-corrected chi connectivity index (χ1v) is 6.89. The van der Waals surface area contributed by atoms with Gasteiger partial charge in [0.2, 0.25) is 0 Å². The number of nitrogens with zero attached hydrogens (tertiary/aromatic N) is 2.